The zero-order valence-electron chi connectivity index (χ0n) is 76.7. The first-order valence-electron chi connectivity index (χ1n) is 45.2. The minimum atomic E-state index is -2.27. The van der Waals surface area contributed by atoms with Crippen molar-refractivity contribution in [1.82, 2.24) is 31.5 Å². The maximum atomic E-state index is 16.6. The van der Waals surface area contributed by atoms with E-state index in [1.54, 1.807) is 52.0 Å². The second kappa shape index (κ2) is 44.4. The van der Waals surface area contributed by atoms with Crippen molar-refractivity contribution in [2.45, 2.75) is 254 Å². The third-order valence-electron chi connectivity index (χ3n) is 26.5. The molecular weight excluding hydrogens is 1870 g/mol. The van der Waals surface area contributed by atoms with Crippen molar-refractivity contribution in [1.29, 1.82) is 0 Å². The average molecular weight is 1980 g/mol. The normalized spacial score (nSPS) is 29.6. The standard InChI is InChI=1S/C96H113Cl2N7O34/c1-43(2)28-60(105(7)93(131)134-51-13-8-10-24-94(4,26-22-51)71(113)20-21-73(115)116)63(110)37-55-79(119)46-15-18-66(57(97)30-46)135-68-32-48-33-69(83(68)139-90-84(82(122)81(121)70(42-106)137-90)138-75-40-96(6,85(123)44(3)132-75)104-92(130)133-50-12-9-11-25-95(5,27-23-50)91(129)100-41-74(117)118)136-67-19-16-47(31-58(67)98)80(120)56-38-65(112)77(102-86(124)52(48)36-62(109)59(39-72(99)114)101-87(55)125)45-14-17-61(108)53(29-45)76-54(34-49(107)35-64(76)111)78(89(127)128)103-88(56)126/h8-9,12-19,29-35,43-44,50-52,55-56,59-60,70,75,77-82,84-85,90,106-108,111,119-123H,10-11,20-28,36-42H2,1-7H3,(H2,99,114)(H,100,129)(H,101,125)(H,102,124)(H,103,126)(H,104,130)(H,115,116)(H,117,118)(H,127,128)/b12-9+,13-8+/t44-,50+,51+,52+,55+,56-,59-,60+,70+,75-,77+,78-,79+,80+,81+,82-,84+,85+,90?,94-,95-,96-/m0/s1. The van der Waals surface area contributed by atoms with Crippen molar-refractivity contribution >= 4 is 106 Å². The number of carbonyl (C=O) groups is 14. The molecule has 14 rings (SSSR count). The predicted octanol–water partition coefficient (Wildman–Crippen LogP) is 7.43. The van der Waals surface area contributed by atoms with Gasteiger partial charge < -0.3 is 136 Å². The molecule has 41 nitrogen and oxygen atoms in total. The number of benzene rings is 5. The van der Waals surface area contributed by atoms with Crippen LogP contribution in [0, 0.1) is 28.6 Å². The maximum absolute atomic E-state index is 16.6. The molecule has 43 heteroatoms. The monoisotopic (exact) mass is 1980 g/mol. The van der Waals surface area contributed by atoms with Crippen molar-refractivity contribution in [2.75, 3.05) is 20.2 Å². The van der Waals surface area contributed by atoms with E-state index in [1.165, 1.54) is 27.0 Å². The van der Waals surface area contributed by atoms with Crippen LogP contribution >= 0.6 is 23.2 Å². The summed E-state index contributed by atoms with van der Waals surface area (Å²) < 4.78 is 51.3. The molecule has 9 aliphatic rings. The number of amides is 7. The van der Waals surface area contributed by atoms with Crippen LogP contribution < -0.4 is 46.5 Å². The van der Waals surface area contributed by atoms with Crippen molar-refractivity contribution in [2.24, 2.45) is 34.3 Å². The van der Waals surface area contributed by atoms with Gasteiger partial charge in [-0.2, -0.15) is 0 Å². The van der Waals surface area contributed by atoms with Gasteiger partial charge in [-0.05, 0) is 167 Å². The quantitative estimate of drug-likeness (QED) is 0.0267. The van der Waals surface area contributed by atoms with Crippen LogP contribution in [0.4, 0.5) is 9.59 Å². The lowest BCUT2D eigenvalue weighted by Crippen LogP contribution is -2.66. The van der Waals surface area contributed by atoms with Crippen LogP contribution in [0.15, 0.2) is 103 Å². The second-order valence-electron chi connectivity index (χ2n) is 37.3. The molecule has 5 aromatic carbocycles. The number of nitrogens with zero attached hydrogens (tertiary/aromatic N) is 1. The highest BCUT2D eigenvalue weighted by molar-refractivity contribution is 6.32. The van der Waals surface area contributed by atoms with Gasteiger partial charge in [-0.1, -0.05) is 81.2 Å². The third kappa shape index (κ3) is 24.7. The molecule has 22 atom stereocenters. The summed E-state index contributed by atoms with van der Waals surface area (Å²) in [6, 6.07) is 5.40. The lowest BCUT2D eigenvalue weighted by atomic mass is 9.74. The number of carboxylic acid groups (broad SMARTS) is 3. The first-order chi connectivity index (χ1) is 65.6. The molecule has 2 aliphatic carbocycles. The number of ketones is 4. The Kier molecular flexibility index (Phi) is 33.7. The van der Waals surface area contributed by atoms with E-state index in [-0.39, 0.29) is 61.0 Å². The topological polar surface area (TPSA) is 645 Å². The van der Waals surface area contributed by atoms with Crippen LogP contribution in [0.5, 0.6) is 46.0 Å². The first-order valence-corrected chi connectivity index (χ1v) is 46.0. The summed E-state index contributed by atoms with van der Waals surface area (Å²) in [7, 11) is 1.25. The number of primary amides is 1. The number of ether oxygens (including phenoxy) is 8. The molecule has 7 amide bonds. The van der Waals surface area contributed by atoms with E-state index in [4.69, 9.17) is 66.8 Å². The van der Waals surface area contributed by atoms with Gasteiger partial charge >= 0.3 is 30.1 Å². The maximum Gasteiger partial charge on any atom is 0.410 e. The zero-order chi connectivity index (χ0) is 101. The van der Waals surface area contributed by atoms with Crippen molar-refractivity contribution in [3.8, 4) is 57.1 Å². The molecule has 5 aromatic rings. The molecule has 2 fully saturated rings. The number of phenolic OH excluding ortho intramolecular Hbond substituents is 3. The number of rotatable bonds is 24. The number of likely N-dealkylation sites (N-methyl/N-ethyl adjacent to an activating group) is 1. The molecule has 2 saturated heterocycles. The molecule has 0 radical (unpaired) electrons. The average Bonchev–Trinajstić information content (AvgIpc) is 0.758. The number of aromatic hydroxyl groups is 3. The Morgan fingerprint density at radius 2 is 1.27 bits per heavy atom. The summed E-state index contributed by atoms with van der Waals surface area (Å²) in [5.41, 5.74) is -0.906. The molecule has 139 heavy (non-hydrogen) atoms. The number of Topliss-reactive ketones (excluding diaryl/α,β-unsaturated/α-hetero) is 4. The Hall–Kier alpha value is -12.4. The third-order valence-corrected chi connectivity index (χ3v) is 27.1. The van der Waals surface area contributed by atoms with Gasteiger partial charge in [-0.15, -0.1) is 0 Å². The number of hydrogen-bond donors (Lipinski definition) is 18. The fraction of sp³-hybridized carbons (Fsp3) is 0.500. The number of fused-ring (bicyclic) bond motifs is 15. The Morgan fingerprint density at radius 3 is 1.88 bits per heavy atom. The SMILES string of the molecule is CC(C)C[C@H](C(=O)C[C@H]1C(=O)N[C@@H](CC(N)=O)C(=O)C[C@H]2C(=O)N[C@H]3C(=O)C[C@H](C(=O)N[C@H](C(=O)O)c4cc(O)cc(O)c4-c4cc3ccc4O)[C@H](O)c3ccc(c(Cl)c3)Oc3cc2cc(c3OC2O[C@H](CO)[C@@H](O)[C@H](O)[C@H]2O[C@H]2C[C@](C)(NC(=O)O[C@@H]3/C=C/CC[C@](C)(C(=O)NCC(=O)O)CC3)[C@H](O)[C@H](C)O2)Oc2ccc(cc2Cl)[C@H]1O)N(C)C(=O)O[C@@H]1/C=C/CC[C@](C)(C(=O)CCC(=O)O)CC1. The highest BCUT2D eigenvalue weighted by atomic mass is 35.5. The van der Waals surface area contributed by atoms with Gasteiger partial charge in [0.2, 0.25) is 41.6 Å². The molecule has 0 aromatic heterocycles. The molecule has 7 heterocycles. The lowest BCUT2D eigenvalue weighted by Gasteiger charge is -2.48. The zero-order valence-corrected chi connectivity index (χ0v) is 78.2. The number of nitrogens with two attached hydrogens (primary N) is 1. The van der Waals surface area contributed by atoms with E-state index in [1.807, 2.05) is 0 Å². The number of aliphatic hydroxyl groups is 6. The molecular formula is C96H113Cl2N7O34. The first kappa shape index (κ1) is 105. The predicted molar refractivity (Wildman–Crippen MR) is 485 cm³/mol. The number of aliphatic hydroxyl groups excluding tert-OH is 6. The number of aliphatic carboxylic acids is 3. The van der Waals surface area contributed by atoms with Gasteiger partial charge in [0.15, 0.2) is 47.3 Å². The van der Waals surface area contributed by atoms with Gasteiger partial charge in [0.1, 0.15) is 83.7 Å². The van der Waals surface area contributed by atoms with E-state index < -0.39 is 345 Å². The van der Waals surface area contributed by atoms with E-state index in [2.05, 4.69) is 26.6 Å². The highest BCUT2D eigenvalue weighted by Gasteiger charge is 2.54. The van der Waals surface area contributed by atoms with Crippen LogP contribution in [0.25, 0.3) is 11.1 Å². The van der Waals surface area contributed by atoms with Gasteiger partial charge in [0, 0.05) is 72.7 Å². The largest absolute Gasteiger partial charge is 0.508 e. The van der Waals surface area contributed by atoms with Crippen LogP contribution in [0.3, 0.4) is 0 Å². The van der Waals surface area contributed by atoms with Crippen LogP contribution in [-0.2, 0) is 81.2 Å². The van der Waals surface area contributed by atoms with Crippen LogP contribution in [-0.4, -0.2) is 248 Å². The molecule has 11 bridgehead atoms. The van der Waals surface area contributed by atoms with E-state index in [9.17, 15) is 99.6 Å². The van der Waals surface area contributed by atoms with Crippen LogP contribution in [0.1, 0.15) is 202 Å². The van der Waals surface area contributed by atoms with E-state index in [0.29, 0.717) is 25.7 Å². The molecule has 750 valence electrons. The van der Waals surface area contributed by atoms with E-state index in [0.717, 1.165) is 77.7 Å². The molecule has 0 spiro atoms. The smallest absolute Gasteiger partial charge is 0.410 e. The number of hydrogen-bond acceptors (Lipinski definition) is 31. The Labute approximate surface area is 805 Å². The van der Waals surface area contributed by atoms with Crippen LogP contribution in [0.2, 0.25) is 10.0 Å². The Bertz CT molecular complexity index is 5640. The van der Waals surface area contributed by atoms with Gasteiger partial charge in [-0.3, -0.25) is 52.7 Å². The number of alkyl carbamates (subject to hydrolysis) is 1. The molecule has 7 aliphatic heterocycles. The summed E-state index contributed by atoms with van der Waals surface area (Å²) in [5.74, 6) is -26.1. The Morgan fingerprint density at radius 1 is 0.655 bits per heavy atom. The van der Waals surface area contributed by atoms with E-state index >= 15 is 28.8 Å². The highest BCUT2D eigenvalue weighted by Crippen LogP contribution is 2.52. The van der Waals surface area contributed by atoms with Gasteiger partial charge in [0.05, 0.1) is 83.2 Å². The number of halogens is 2. The summed E-state index contributed by atoms with van der Waals surface area (Å²) in [6.07, 6.45) is -20.8. The number of nitrogens with one attached hydrogen (secondary N) is 5. The number of carboxylic acids is 3. The van der Waals surface area contributed by atoms with Gasteiger partial charge in [0.25, 0.3) is 0 Å². The molecule has 19 N–H and O–H groups in total. The van der Waals surface area contributed by atoms with Crippen molar-refractivity contribution in [3.05, 3.63) is 141 Å². The minimum absolute atomic E-state index is 0.0735. The fourth-order valence-electron chi connectivity index (χ4n) is 18.4. The second-order valence-corrected chi connectivity index (χ2v) is 38.1. The summed E-state index contributed by atoms with van der Waals surface area (Å²) in [4.78, 5) is 201. The lowest BCUT2D eigenvalue weighted by molar-refractivity contribution is -0.334. The fourth-order valence-corrected chi connectivity index (χ4v) is 18.9. The van der Waals surface area contributed by atoms with Gasteiger partial charge in [-0.25, -0.2) is 14.4 Å². The molecule has 0 saturated carbocycles. The number of carbonyl (C=O) groups excluding carboxylic acids is 11. The summed E-state index contributed by atoms with van der Waals surface area (Å²) in [5, 5.41) is 148. The number of phenols is 3. The minimum Gasteiger partial charge on any atom is -0.508 e. The molecule has 1 unspecified atom stereocenters. The Balaban J connectivity index is 0.993. The summed E-state index contributed by atoms with van der Waals surface area (Å²) >= 11 is 14.5. The summed E-state index contributed by atoms with van der Waals surface area (Å²) in [6.45, 7) is 7.85. The van der Waals surface area contributed by atoms with Crippen molar-refractivity contribution < 1.29 is 166 Å². The van der Waals surface area contributed by atoms with Crippen molar-refractivity contribution in [3.63, 3.8) is 0 Å². The number of allylic oxidation sites excluding steroid dienone is 2.